The molecular weight excluding hydrogens is 360 g/mol. The summed E-state index contributed by atoms with van der Waals surface area (Å²) in [5.41, 5.74) is 0.405. The molecule has 28 heavy (non-hydrogen) atoms. The lowest BCUT2D eigenvalue weighted by Crippen LogP contribution is -2.42. The first-order valence-corrected chi connectivity index (χ1v) is 9.81. The average molecular weight is 388 g/mol. The Morgan fingerprint density at radius 3 is 3.04 bits per heavy atom. The number of esters is 1. The fourth-order valence-electron chi connectivity index (χ4n) is 5.16. The van der Waals surface area contributed by atoms with Gasteiger partial charge in [-0.2, -0.15) is 0 Å². The summed E-state index contributed by atoms with van der Waals surface area (Å²) < 4.78 is 11.2. The van der Waals surface area contributed by atoms with Gasteiger partial charge >= 0.3 is 5.97 Å². The predicted molar refractivity (Wildman–Crippen MR) is 103 cm³/mol. The molecular formula is C20H28N4O4. The van der Waals surface area contributed by atoms with Gasteiger partial charge in [0.15, 0.2) is 0 Å². The fourth-order valence-corrected chi connectivity index (χ4v) is 5.16. The van der Waals surface area contributed by atoms with Gasteiger partial charge in [0.25, 0.3) is 5.91 Å². The maximum Gasteiger partial charge on any atom is 0.319 e. The molecule has 0 unspecified atom stereocenters. The van der Waals surface area contributed by atoms with Crippen molar-refractivity contribution < 1.29 is 19.1 Å². The molecule has 1 N–H and O–H groups in total. The van der Waals surface area contributed by atoms with Crippen molar-refractivity contribution in [3.05, 3.63) is 23.9 Å². The topological polar surface area (TPSA) is 84.0 Å². The normalized spacial score (nSPS) is 30.9. The van der Waals surface area contributed by atoms with E-state index in [1.54, 1.807) is 18.3 Å². The first kappa shape index (κ1) is 19.1. The molecule has 152 valence electrons. The van der Waals surface area contributed by atoms with Gasteiger partial charge in [0, 0.05) is 51.8 Å². The highest BCUT2D eigenvalue weighted by Crippen LogP contribution is 2.54. The lowest BCUT2D eigenvalue weighted by molar-refractivity contribution is -0.141. The second kappa shape index (κ2) is 7.33. The second-order valence-electron chi connectivity index (χ2n) is 8.25. The van der Waals surface area contributed by atoms with Crippen LogP contribution >= 0.6 is 0 Å². The summed E-state index contributed by atoms with van der Waals surface area (Å²) in [5, 5.41) is 3.10. The number of ether oxygens (including phenoxy) is 2. The zero-order valence-electron chi connectivity index (χ0n) is 16.7. The number of rotatable bonds is 6. The van der Waals surface area contributed by atoms with E-state index in [9.17, 15) is 9.59 Å². The van der Waals surface area contributed by atoms with E-state index in [0.717, 1.165) is 25.9 Å². The van der Waals surface area contributed by atoms with Crippen molar-refractivity contribution in [2.75, 3.05) is 52.3 Å². The van der Waals surface area contributed by atoms with E-state index in [1.165, 1.54) is 7.11 Å². The standard InChI is InChI=1S/C20H28N4O4/c1-23(2)18-13(5-4-8-21-18)19(26)22-9-14-15-10-24(11-17(25)27-3)12-20(15)7-6-16(14)28-20/h4-5,8,14-16H,6-7,9-12H2,1-3H3,(H,22,26)/t14-,15+,16+,20+/m0/s1. The monoisotopic (exact) mass is 388 g/mol. The minimum absolute atomic E-state index is 0.113. The first-order chi connectivity index (χ1) is 13.4. The molecule has 3 aliphatic heterocycles. The van der Waals surface area contributed by atoms with Crippen molar-refractivity contribution in [3.63, 3.8) is 0 Å². The van der Waals surface area contributed by atoms with Crippen LogP contribution in [0, 0.1) is 11.8 Å². The molecule has 4 rings (SSSR count). The molecule has 0 aromatic carbocycles. The fraction of sp³-hybridized carbons (Fsp3) is 0.650. The van der Waals surface area contributed by atoms with Crippen LogP contribution in [-0.4, -0.2) is 80.8 Å². The van der Waals surface area contributed by atoms with Crippen molar-refractivity contribution in [2.24, 2.45) is 11.8 Å². The van der Waals surface area contributed by atoms with Crippen LogP contribution in [-0.2, 0) is 14.3 Å². The third-order valence-corrected chi connectivity index (χ3v) is 6.39. The molecule has 1 aromatic heterocycles. The summed E-state index contributed by atoms with van der Waals surface area (Å²) in [7, 11) is 5.17. The van der Waals surface area contributed by atoms with Gasteiger partial charge in [-0.3, -0.25) is 14.5 Å². The molecule has 3 saturated heterocycles. The Morgan fingerprint density at radius 2 is 2.29 bits per heavy atom. The summed E-state index contributed by atoms with van der Waals surface area (Å²) in [4.78, 5) is 32.7. The van der Waals surface area contributed by atoms with Gasteiger partial charge in [-0.05, 0) is 25.0 Å². The Kier molecular flexibility index (Phi) is 5.01. The third kappa shape index (κ3) is 3.24. The Morgan fingerprint density at radius 1 is 1.46 bits per heavy atom. The molecule has 4 atom stereocenters. The number of hydrogen-bond acceptors (Lipinski definition) is 7. The number of amides is 1. The quantitative estimate of drug-likeness (QED) is 0.712. The molecule has 0 saturated carbocycles. The molecule has 0 radical (unpaired) electrons. The lowest BCUT2D eigenvalue weighted by Gasteiger charge is -2.29. The number of methoxy groups -OCH3 is 1. The molecule has 8 heteroatoms. The van der Waals surface area contributed by atoms with Gasteiger partial charge in [-0.1, -0.05) is 0 Å². The summed E-state index contributed by atoms with van der Waals surface area (Å²) in [5.74, 6) is 0.922. The van der Waals surface area contributed by atoms with Gasteiger partial charge in [0.1, 0.15) is 5.82 Å². The van der Waals surface area contributed by atoms with Crippen molar-refractivity contribution in [2.45, 2.75) is 24.5 Å². The van der Waals surface area contributed by atoms with Gasteiger partial charge in [0.2, 0.25) is 0 Å². The van der Waals surface area contributed by atoms with Crippen LogP contribution in [0.2, 0.25) is 0 Å². The average Bonchev–Trinajstić information content (AvgIpc) is 3.33. The minimum atomic E-state index is -0.219. The van der Waals surface area contributed by atoms with E-state index in [0.29, 0.717) is 30.4 Å². The Bertz CT molecular complexity index is 770. The molecule has 3 aliphatic rings. The lowest BCUT2D eigenvalue weighted by atomic mass is 9.73. The second-order valence-corrected chi connectivity index (χ2v) is 8.25. The van der Waals surface area contributed by atoms with Crippen LogP contribution in [0.4, 0.5) is 5.82 Å². The van der Waals surface area contributed by atoms with Crippen LogP contribution in [0.1, 0.15) is 23.2 Å². The molecule has 1 spiro atoms. The van der Waals surface area contributed by atoms with E-state index < -0.39 is 0 Å². The van der Waals surface area contributed by atoms with Gasteiger partial charge in [-0.15, -0.1) is 0 Å². The first-order valence-electron chi connectivity index (χ1n) is 9.81. The molecule has 1 amide bonds. The van der Waals surface area contributed by atoms with Crippen molar-refractivity contribution in [3.8, 4) is 0 Å². The number of aromatic nitrogens is 1. The molecule has 4 heterocycles. The van der Waals surface area contributed by atoms with Gasteiger partial charge in [0.05, 0.1) is 30.9 Å². The van der Waals surface area contributed by atoms with Gasteiger partial charge in [-0.25, -0.2) is 4.98 Å². The maximum absolute atomic E-state index is 12.8. The highest BCUT2D eigenvalue weighted by molar-refractivity contribution is 5.98. The minimum Gasteiger partial charge on any atom is -0.468 e. The Hall–Kier alpha value is -2.19. The van der Waals surface area contributed by atoms with Crippen LogP contribution < -0.4 is 10.2 Å². The van der Waals surface area contributed by atoms with E-state index in [2.05, 4.69) is 15.2 Å². The number of nitrogens with one attached hydrogen (secondary N) is 1. The number of pyridine rings is 1. The molecule has 8 nitrogen and oxygen atoms in total. The van der Waals surface area contributed by atoms with Crippen molar-refractivity contribution >= 4 is 17.7 Å². The Balaban J connectivity index is 1.42. The molecule has 3 fully saturated rings. The van der Waals surface area contributed by atoms with E-state index >= 15 is 0 Å². The predicted octanol–water partition coefficient (Wildman–Crippen LogP) is 0.530. The zero-order valence-corrected chi connectivity index (χ0v) is 16.7. The summed E-state index contributed by atoms with van der Waals surface area (Å²) in [6, 6.07) is 3.57. The van der Waals surface area contributed by atoms with Crippen molar-refractivity contribution in [1.29, 1.82) is 0 Å². The zero-order chi connectivity index (χ0) is 19.9. The van der Waals surface area contributed by atoms with E-state index in [4.69, 9.17) is 9.47 Å². The van der Waals surface area contributed by atoms with Crippen LogP contribution in [0.25, 0.3) is 0 Å². The van der Waals surface area contributed by atoms with Crippen molar-refractivity contribution in [1.82, 2.24) is 15.2 Å². The summed E-state index contributed by atoms with van der Waals surface area (Å²) >= 11 is 0. The largest absolute Gasteiger partial charge is 0.468 e. The number of nitrogens with zero attached hydrogens (tertiary/aromatic N) is 3. The van der Waals surface area contributed by atoms with Crippen LogP contribution in [0.5, 0.6) is 0 Å². The van der Waals surface area contributed by atoms with Gasteiger partial charge < -0.3 is 19.7 Å². The summed E-state index contributed by atoms with van der Waals surface area (Å²) in [6.45, 7) is 2.44. The van der Waals surface area contributed by atoms with E-state index in [-0.39, 0.29) is 29.5 Å². The van der Waals surface area contributed by atoms with E-state index in [1.807, 2.05) is 19.0 Å². The SMILES string of the molecule is COC(=O)CN1C[C@@H]2[C@H](CNC(=O)c3cccnc3N(C)C)[C@H]3CC[C@]2(C1)O3. The highest BCUT2D eigenvalue weighted by atomic mass is 16.5. The Labute approximate surface area is 165 Å². The number of anilines is 1. The molecule has 2 bridgehead atoms. The number of likely N-dealkylation sites (tertiary alicyclic amines) is 1. The van der Waals surface area contributed by atoms with Crippen LogP contribution in [0.3, 0.4) is 0 Å². The smallest absolute Gasteiger partial charge is 0.319 e. The third-order valence-electron chi connectivity index (χ3n) is 6.39. The maximum atomic E-state index is 12.8. The highest BCUT2D eigenvalue weighted by Gasteiger charge is 2.62. The molecule has 0 aliphatic carbocycles. The number of carbonyl (C=O) groups excluding carboxylic acids is 2. The molecule has 1 aromatic rings. The number of hydrogen-bond donors (Lipinski definition) is 1. The number of carbonyl (C=O) groups is 2. The number of fused-ring (bicyclic) bond motifs is 1. The summed E-state index contributed by atoms with van der Waals surface area (Å²) in [6.07, 6.45) is 3.91. The van der Waals surface area contributed by atoms with Crippen LogP contribution in [0.15, 0.2) is 18.3 Å².